The second-order valence-corrected chi connectivity index (χ2v) is 8.21. The number of nitrogens with zero attached hydrogens (tertiary/aromatic N) is 1. The molecule has 2 saturated carbocycles. The molecule has 130 valence electrons. The molecule has 0 heterocycles. The summed E-state index contributed by atoms with van der Waals surface area (Å²) in [7, 11) is 0. The van der Waals surface area contributed by atoms with Crippen molar-refractivity contribution in [2.45, 2.75) is 56.7 Å². The van der Waals surface area contributed by atoms with Crippen LogP contribution in [-0.2, 0) is 17.6 Å². The van der Waals surface area contributed by atoms with Crippen molar-refractivity contribution in [3.63, 3.8) is 0 Å². The molecular formula is C19H25ClN2O2. The first-order valence-corrected chi connectivity index (χ1v) is 9.44. The van der Waals surface area contributed by atoms with Gasteiger partial charge in [-0.2, -0.15) is 0 Å². The second kappa shape index (κ2) is 6.66. The lowest BCUT2D eigenvalue weighted by molar-refractivity contribution is -0.139. The van der Waals surface area contributed by atoms with E-state index in [2.05, 4.69) is 22.3 Å². The molecule has 2 fully saturated rings. The Kier molecular flexibility index (Phi) is 4.54. The maximum Gasteiger partial charge on any atom is 0.317 e. The van der Waals surface area contributed by atoms with Crippen LogP contribution < -0.4 is 5.32 Å². The van der Waals surface area contributed by atoms with Gasteiger partial charge in [0.25, 0.3) is 0 Å². The molecule has 0 saturated heterocycles. The van der Waals surface area contributed by atoms with Crippen molar-refractivity contribution in [1.82, 2.24) is 10.2 Å². The Balaban J connectivity index is 1.26. The number of benzene rings is 1. The van der Waals surface area contributed by atoms with E-state index in [1.54, 1.807) is 0 Å². The van der Waals surface area contributed by atoms with Gasteiger partial charge >= 0.3 is 5.97 Å². The van der Waals surface area contributed by atoms with Crippen molar-refractivity contribution in [1.29, 1.82) is 0 Å². The highest BCUT2D eigenvalue weighted by atomic mass is 35.5. The van der Waals surface area contributed by atoms with Gasteiger partial charge in [0.1, 0.15) is 0 Å². The van der Waals surface area contributed by atoms with Crippen molar-refractivity contribution in [3.05, 3.63) is 34.3 Å². The Labute approximate surface area is 148 Å². The van der Waals surface area contributed by atoms with Gasteiger partial charge in [0.2, 0.25) is 0 Å². The lowest BCUT2D eigenvalue weighted by Gasteiger charge is -2.44. The topological polar surface area (TPSA) is 52.6 Å². The molecule has 24 heavy (non-hydrogen) atoms. The van der Waals surface area contributed by atoms with Gasteiger partial charge in [-0.3, -0.25) is 9.69 Å². The van der Waals surface area contributed by atoms with E-state index in [4.69, 9.17) is 16.7 Å². The smallest absolute Gasteiger partial charge is 0.317 e. The van der Waals surface area contributed by atoms with Crippen LogP contribution in [0, 0.1) is 5.92 Å². The van der Waals surface area contributed by atoms with Crippen molar-refractivity contribution < 1.29 is 9.90 Å². The highest BCUT2D eigenvalue weighted by molar-refractivity contribution is 6.30. The van der Waals surface area contributed by atoms with Gasteiger partial charge in [-0.05, 0) is 67.7 Å². The summed E-state index contributed by atoms with van der Waals surface area (Å²) < 4.78 is 0. The fourth-order valence-electron chi connectivity index (χ4n) is 4.21. The molecule has 3 aliphatic carbocycles. The molecule has 0 amide bonds. The van der Waals surface area contributed by atoms with E-state index in [0.29, 0.717) is 18.1 Å². The first-order chi connectivity index (χ1) is 11.6. The number of halogens is 1. The average molecular weight is 349 g/mol. The van der Waals surface area contributed by atoms with E-state index >= 15 is 0 Å². The van der Waals surface area contributed by atoms with Gasteiger partial charge < -0.3 is 10.4 Å². The van der Waals surface area contributed by atoms with E-state index in [-0.39, 0.29) is 6.54 Å². The van der Waals surface area contributed by atoms with Gasteiger partial charge in [-0.1, -0.05) is 17.7 Å². The number of hydrogen-bond donors (Lipinski definition) is 2. The van der Waals surface area contributed by atoms with Gasteiger partial charge in [0.05, 0.1) is 6.54 Å². The Morgan fingerprint density at radius 2 is 1.96 bits per heavy atom. The number of carboxylic acid groups (broad SMARTS) is 1. The van der Waals surface area contributed by atoms with Crippen molar-refractivity contribution in [2.75, 3.05) is 13.1 Å². The minimum atomic E-state index is -0.699. The lowest BCUT2D eigenvalue weighted by Crippen LogP contribution is -2.56. The highest BCUT2D eigenvalue weighted by Gasteiger charge is 2.38. The molecule has 1 unspecified atom stereocenters. The molecule has 0 aromatic heterocycles. The molecule has 0 aliphatic heterocycles. The SMILES string of the molecule is O=C(O)CN(CC1CC1)C1CC(NC2Cc3ccc(Cl)cc3C2)C1. The average Bonchev–Trinajstić information content (AvgIpc) is 3.19. The Morgan fingerprint density at radius 3 is 2.67 bits per heavy atom. The molecule has 0 spiro atoms. The number of aliphatic carboxylic acids is 1. The Hall–Kier alpha value is -1.10. The number of carboxylic acids is 1. The minimum absolute atomic E-state index is 0.196. The van der Waals surface area contributed by atoms with Gasteiger partial charge in [-0.25, -0.2) is 0 Å². The van der Waals surface area contributed by atoms with Crippen LogP contribution in [0.1, 0.15) is 36.8 Å². The molecule has 4 nitrogen and oxygen atoms in total. The summed E-state index contributed by atoms with van der Waals surface area (Å²) in [5.41, 5.74) is 2.78. The van der Waals surface area contributed by atoms with Crippen LogP contribution in [0.25, 0.3) is 0 Å². The monoisotopic (exact) mass is 348 g/mol. The zero-order valence-corrected chi connectivity index (χ0v) is 14.6. The van der Waals surface area contributed by atoms with Crippen LogP contribution in [0.4, 0.5) is 0 Å². The summed E-state index contributed by atoms with van der Waals surface area (Å²) in [5.74, 6) is 0.0422. The fraction of sp³-hybridized carbons (Fsp3) is 0.632. The zero-order chi connectivity index (χ0) is 16.7. The van der Waals surface area contributed by atoms with E-state index in [1.807, 2.05) is 6.07 Å². The largest absolute Gasteiger partial charge is 0.480 e. The summed E-state index contributed by atoms with van der Waals surface area (Å²) in [6, 6.07) is 7.68. The van der Waals surface area contributed by atoms with Crippen LogP contribution in [0.2, 0.25) is 5.02 Å². The van der Waals surface area contributed by atoms with E-state index < -0.39 is 5.97 Å². The van der Waals surface area contributed by atoms with Crippen molar-refractivity contribution in [3.8, 4) is 0 Å². The fourth-order valence-corrected chi connectivity index (χ4v) is 4.40. The number of fused-ring (bicyclic) bond motifs is 1. The van der Waals surface area contributed by atoms with Crippen LogP contribution in [0.3, 0.4) is 0 Å². The Bertz CT molecular complexity index is 626. The molecule has 2 N–H and O–H groups in total. The molecule has 5 heteroatoms. The van der Waals surface area contributed by atoms with Crippen LogP contribution in [0.5, 0.6) is 0 Å². The summed E-state index contributed by atoms with van der Waals surface area (Å²) in [6.07, 6.45) is 6.83. The van der Waals surface area contributed by atoms with Gasteiger partial charge in [0, 0.05) is 29.7 Å². The summed E-state index contributed by atoms with van der Waals surface area (Å²) in [5, 5.41) is 13.7. The third kappa shape index (κ3) is 3.76. The Morgan fingerprint density at radius 1 is 1.21 bits per heavy atom. The standard InChI is InChI=1S/C19H25ClN2O2/c20-15-4-3-13-6-16(7-14(13)5-15)21-17-8-18(9-17)22(11-19(23)24)10-12-1-2-12/h3-5,12,16-18,21H,1-2,6-11H2,(H,23,24). The molecule has 1 aromatic carbocycles. The van der Waals surface area contributed by atoms with Gasteiger partial charge in [0.15, 0.2) is 0 Å². The van der Waals surface area contributed by atoms with Crippen molar-refractivity contribution >= 4 is 17.6 Å². The number of carbonyl (C=O) groups is 1. The third-order valence-electron chi connectivity index (χ3n) is 5.73. The van der Waals surface area contributed by atoms with E-state index in [0.717, 1.165) is 43.2 Å². The first kappa shape index (κ1) is 16.4. The summed E-state index contributed by atoms with van der Waals surface area (Å²) >= 11 is 6.08. The molecule has 1 aromatic rings. The summed E-state index contributed by atoms with van der Waals surface area (Å²) in [4.78, 5) is 13.3. The third-order valence-corrected chi connectivity index (χ3v) is 5.97. The number of nitrogens with one attached hydrogen (secondary N) is 1. The van der Waals surface area contributed by atoms with E-state index in [1.165, 1.54) is 24.0 Å². The highest BCUT2D eigenvalue weighted by Crippen LogP contribution is 2.34. The minimum Gasteiger partial charge on any atom is -0.480 e. The zero-order valence-electron chi connectivity index (χ0n) is 13.9. The molecule has 3 aliphatic rings. The predicted molar refractivity (Wildman–Crippen MR) is 94.5 cm³/mol. The maximum atomic E-state index is 11.1. The van der Waals surface area contributed by atoms with Crippen molar-refractivity contribution in [2.24, 2.45) is 5.92 Å². The molecule has 0 bridgehead atoms. The maximum absolute atomic E-state index is 11.1. The first-order valence-electron chi connectivity index (χ1n) is 9.06. The second-order valence-electron chi connectivity index (χ2n) is 7.77. The molecule has 0 radical (unpaired) electrons. The van der Waals surface area contributed by atoms with Crippen LogP contribution >= 0.6 is 11.6 Å². The van der Waals surface area contributed by atoms with E-state index in [9.17, 15) is 4.79 Å². The number of rotatable bonds is 7. The quantitative estimate of drug-likeness (QED) is 0.795. The van der Waals surface area contributed by atoms with Crippen LogP contribution in [0.15, 0.2) is 18.2 Å². The van der Waals surface area contributed by atoms with Gasteiger partial charge in [-0.15, -0.1) is 0 Å². The molecule has 4 rings (SSSR count). The summed E-state index contributed by atoms with van der Waals surface area (Å²) in [6.45, 7) is 1.16. The predicted octanol–water partition coefficient (Wildman–Crippen LogP) is 2.72. The molecule has 1 atom stereocenters. The molecular weight excluding hydrogens is 324 g/mol. The number of hydrogen-bond acceptors (Lipinski definition) is 3. The normalized spacial score (nSPS) is 28.7. The van der Waals surface area contributed by atoms with Crippen LogP contribution in [-0.4, -0.2) is 47.2 Å². The lowest BCUT2D eigenvalue weighted by atomic mass is 9.84.